The van der Waals surface area contributed by atoms with Gasteiger partial charge in [-0.1, -0.05) is 12.8 Å². The summed E-state index contributed by atoms with van der Waals surface area (Å²) in [5, 5.41) is 2.44. The predicted octanol–water partition coefficient (Wildman–Crippen LogP) is 3.58. The number of hydrogen-bond acceptors (Lipinski definition) is 2. The van der Waals surface area contributed by atoms with E-state index in [0.717, 1.165) is 19.4 Å². The Labute approximate surface area is 136 Å². The Hall–Kier alpha value is -1.91. The lowest BCUT2D eigenvalue weighted by Crippen LogP contribution is -2.39. The Morgan fingerprint density at radius 1 is 1.17 bits per heavy atom. The summed E-state index contributed by atoms with van der Waals surface area (Å²) < 4.78 is 13.8. The summed E-state index contributed by atoms with van der Waals surface area (Å²) in [6.07, 6.45) is 7.02. The van der Waals surface area contributed by atoms with Gasteiger partial charge < -0.3 is 10.2 Å². The van der Waals surface area contributed by atoms with E-state index in [4.69, 9.17) is 0 Å². The Morgan fingerprint density at radius 2 is 1.91 bits per heavy atom. The molecule has 1 aromatic rings. The zero-order valence-electron chi connectivity index (χ0n) is 13.5. The number of hydrogen-bond donors (Lipinski definition) is 1. The van der Waals surface area contributed by atoms with Gasteiger partial charge in [0.25, 0.3) is 5.91 Å². The van der Waals surface area contributed by atoms with Crippen LogP contribution in [0.3, 0.4) is 0 Å². The maximum absolute atomic E-state index is 13.8. The lowest BCUT2D eigenvalue weighted by Gasteiger charge is -2.29. The molecule has 0 radical (unpaired) electrons. The Morgan fingerprint density at radius 3 is 2.61 bits per heavy atom. The number of benzene rings is 1. The first-order valence-corrected chi connectivity index (χ1v) is 8.44. The van der Waals surface area contributed by atoms with Crippen LogP contribution in [0.15, 0.2) is 18.2 Å². The predicted molar refractivity (Wildman–Crippen MR) is 86.7 cm³/mol. The van der Waals surface area contributed by atoms with Crippen LogP contribution in [-0.2, 0) is 4.79 Å². The fourth-order valence-electron chi connectivity index (χ4n) is 3.99. The Bertz CT molecular complexity index is 611. The first kappa shape index (κ1) is 16.0. The summed E-state index contributed by atoms with van der Waals surface area (Å²) in [4.78, 5) is 26.0. The van der Waals surface area contributed by atoms with E-state index >= 15 is 0 Å². The minimum atomic E-state index is -0.523. The van der Waals surface area contributed by atoms with Crippen LogP contribution in [0.4, 0.5) is 10.1 Å². The van der Waals surface area contributed by atoms with E-state index in [0.29, 0.717) is 17.5 Å². The molecule has 1 heterocycles. The second kappa shape index (κ2) is 6.69. The van der Waals surface area contributed by atoms with Crippen LogP contribution in [0.5, 0.6) is 0 Å². The van der Waals surface area contributed by atoms with E-state index in [9.17, 15) is 14.0 Å². The minimum absolute atomic E-state index is 0.0500. The molecule has 1 N–H and O–H groups in total. The summed E-state index contributed by atoms with van der Waals surface area (Å²) in [6, 6.07) is 4.52. The van der Waals surface area contributed by atoms with E-state index in [-0.39, 0.29) is 17.5 Å². The van der Waals surface area contributed by atoms with Crippen molar-refractivity contribution < 1.29 is 14.0 Å². The number of nitrogens with zero attached hydrogens (tertiary/aromatic N) is 1. The summed E-state index contributed by atoms with van der Waals surface area (Å²) in [6.45, 7) is 2.09. The molecule has 1 aliphatic carbocycles. The van der Waals surface area contributed by atoms with Crippen molar-refractivity contribution in [2.45, 2.75) is 51.5 Å². The number of rotatable bonds is 3. The first-order chi connectivity index (χ1) is 11.1. The number of amides is 2. The highest BCUT2D eigenvalue weighted by Crippen LogP contribution is 2.36. The number of likely N-dealkylation sites (tertiary alicyclic amines) is 1. The molecule has 0 unspecified atom stereocenters. The smallest absolute Gasteiger partial charge is 0.254 e. The van der Waals surface area contributed by atoms with Crippen LogP contribution < -0.4 is 5.32 Å². The topological polar surface area (TPSA) is 49.4 Å². The molecule has 5 heteroatoms. The fraction of sp³-hybridized carbons (Fsp3) is 0.556. The molecule has 124 valence electrons. The number of carbonyl (C=O) groups is 2. The van der Waals surface area contributed by atoms with Gasteiger partial charge in [0.1, 0.15) is 5.82 Å². The van der Waals surface area contributed by atoms with Gasteiger partial charge in [-0.3, -0.25) is 9.59 Å². The van der Waals surface area contributed by atoms with Crippen molar-refractivity contribution in [1.82, 2.24) is 4.90 Å². The fourth-order valence-corrected chi connectivity index (χ4v) is 3.99. The number of anilines is 1. The largest absolute Gasteiger partial charge is 0.335 e. The molecule has 23 heavy (non-hydrogen) atoms. The molecule has 2 aliphatic rings. The third-order valence-corrected chi connectivity index (χ3v) is 5.03. The van der Waals surface area contributed by atoms with Crippen molar-refractivity contribution in [3.63, 3.8) is 0 Å². The average molecular weight is 318 g/mol. The van der Waals surface area contributed by atoms with Crippen molar-refractivity contribution in [1.29, 1.82) is 0 Å². The lowest BCUT2D eigenvalue weighted by molar-refractivity contribution is -0.114. The van der Waals surface area contributed by atoms with E-state index in [1.165, 1.54) is 50.8 Å². The van der Waals surface area contributed by atoms with Crippen molar-refractivity contribution >= 4 is 17.5 Å². The maximum Gasteiger partial charge on any atom is 0.254 e. The Kier molecular flexibility index (Phi) is 4.64. The van der Waals surface area contributed by atoms with E-state index in [2.05, 4.69) is 5.32 Å². The molecule has 2 amide bonds. The molecule has 0 aromatic heterocycles. The Balaban J connectivity index is 1.80. The molecule has 1 aromatic carbocycles. The van der Waals surface area contributed by atoms with E-state index in [1.807, 2.05) is 4.90 Å². The zero-order valence-corrected chi connectivity index (χ0v) is 13.5. The quantitative estimate of drug-likeness (QED) is 0.926. The monoisotopic (exact) mass is 318 g/mol. The van der Waals surface area contributed by atoms with E-state index in [1.54, 1.807) is 0 Å². The van der Waals surface area contributed by atoms with Gasteiger partial charge in [0.2, 0.25) is 5.91 Å². The summed E-state index contributed by atoms with van der Waals surface area (Å²) in [7, 11) is 0. The van der Waals surface area contributed by atoms with Crippen LogP contribution in [0, 0.1) is 11.7 Å². The van der Waals surface area contributed by atoms with Gasteiger partial charge in [-0.05, 0) is 49.8 Å². The van der Waals surface area contributed by atoms with Crippen LogP contribution in [0.2, 0.25) is 0 Å². The second-order valence-electron chi connectivity index (χ2n) is 6.63. The van der Waals surface area contributed by atoms with Gasteiger partial charge in [0.15, 0.2) is 0 Å². The van der Waals surface area contributed by atoms with Crippen LogP contribution >= 0.6 is 0 Å². The van der Waals surface area contributed by atoms with Gasteiger partial charge in [0, 0.05) is 25.1 Å². The van der Waals surface area contributed by atoms with Crippen molar-refractivity contribution in [3.05, 3.63) is 29.6 Å². The highest BCUT2D eigenvalue weighted by molar-refractivity contribution is 5.97. The molecule has 2 fully saturated rings. The maximum atomic E-state index is 13.8. The average Bonchev–Trinajstić information content (AvgIpc) is 3.18. The van der Waals surface area contributed by atoms with Gasteiger partial charge in [-0.15, -0.1) is 0 Å². The van der Waals surface area contributed by atoms with Crippen LogP contribution in [-0.4, -0.2) is 29.3 Å². The highest BCUT2D eigenvalue weighted by Gasteiger charge is 2.36. The van der Waals surface area contributed by atoms with Crippen molar-refractivity contribution in [2.24, 2.45) is 5.92 Å². The number of nitrogens with one attached hydrogen (secondary N) is 1. The second-order valence-corrected chi connectivity index (χ2v) is 6.63. The van der Waals surface area contributed by atoms with Gasteiger partial charge >= 0.3 is 0 Å². The zero-order chi connectivity index (χ0) is 16.4. The molecular formula is C18H23FN2O2. The molecule has 3 rings (SSSR count). The molecule has 0 spiro atoms. The number of halogens is 1. The third kappa shape index (κ3) is 3.38. The molecule has 0 bridgehead atoms. The van der Waals surface area contributed by atoms with Gasteiger partial charge in [0.05, 0.1) is 5.69 Å². The van der Waals surface area contributed by atoms with Gasteiger partial charge in [-0.25, -0.2) is 4.39 Å². The highest BCUT2D eigenvalue weighted by atomic mass is 19.1. The van der Waals surface area contributed by atoms with Crippen molar-refractivity contribution in [3.8, 4) is 0 Å². The van der Waals surface area contributed by atoms with E-state index < -0.39 is 5.82 Å². The minimum Gasteiger partial charge on any atom is -0.335 e. The normalized spacial score (nSPS) is 21.7. The summed E-state index contributed by atoms with van der Waals surface area (Å²) in [5.74, 6) is -0.313. The van der Waals surface area contributed by atoms with Crippen LogP contribution in [0.25, 0.3) is 0 Å². The molecule has 4 nitrogen and oxygen atoms in total. The summed E-state index contributed by atoms with van der Waals surface area (Å²) in [5.41, 5.74) is 0.514. The van der Waals surface area contributed by atoms with Crippen LogP contribution in [0.1, 0.15) is 55.8 Å². The first-order valence-electron chi connectivity index (χ1n) is 8.44. The summed E-state index contributed by atoms with van der Waals surface area (Å²) >= 11 is 0. The molecule has 1 saturated heterocycles. The lowest BCUT2D eigenvalue weighted by atomic mass is 9.95. The molecule has 1 aliphatic heterocycles. The number of carbonyl (C=O) groups excluding carboxylic acids is 2. The van der Waals surface area contributed by atoms with Crippen molar-refractivity contribution in [2.75, 3.05) is 11.9 Å². The third-order valence-electron chi connectivity index (χ3n) is 5.03. The molecule has 1 saturated carbocycles. The standard InChI is InChI=1S/C18H23FN2O2/c1-12(22)20-16-11-14(8-9-15(16)19)18(23)21-10-4-7-17(21)13-5-2-3-6-13/h8-9,11,13,17H,2-7,10H2,1H3,(H,20,22)/t17-/m0/s1. The SMILES string of the molecule is CC(=O)Nc1cc(C(=O)N2CCC[C@H]2C2CCCC2)ccc1F. The molecular weight excluding hydrogens is 295 g/mol. The molecule has 1 atom stereocenters. The van der Waals surface area contributed by atoms with Gasteiger partial charge in [-0.2, -0.15) is 0 Å².